The van der Waals surface area contributed by atoms with Crippen LogP contribution in [0.15, 0.2) is 12.3 Å². The molecule has 1 unspecified atom stereocenters. The van der Waals surface area contributed by atoms with Gasteiger partial charge in [-0.05, 0) is 25.8 Å². The summed E-state index contributed by atoms with van der Waals surface area (Å²) in [5.74, 6) is 0.280. The first-order chi connectivity index (χ1) is 8.66. The SMILES string of the molecule is O=[N+]([O-])c1cc(Cl)cnc1NCCC1CCCN1. The fraction of sp³-hybridized carbons (Fsp3) is 0.545. The zero-order valence-corrected chi connectivity index (χ0v) is 10.6. The van der Waals surface area contributed by atoms with E-state index in [1.54, 1.807) is 0 Å². The van der Waals surface area contributed by atoms with Gasteiger partial charge in [0, 0.05) is 24.8 Å². The molecule has 1 aromatic rings. The van der Waals surface area contributed by atoms with Gasteiger partial charge >= 0.3 is 5.69 Å². The lowest BCUT2D eigenvalue weighted by Crippen LogP contribution is -2.24. The number of nitro groups is 1. The van der Waals surface area contributed by atoms with Crippen LogP contribution in [0.1, 0.15) is 19.3 Å². The summed E-state index contributed by atoms with van der Waals surface area (Å²) in [6.07, 6.45) is 4.70. The Kier molecular flexibility index (Phi) is 4.33. The van der Waals surface area contributed by atoms with Crippen molar-refractivity contribution in [3.63, 3.8) is 0 Å². The molecule has 0 amide bonds. The first-order valence-electron chi connectivity index (χ1n) is 5.94. The molecule has 6 nitrogen and oxygen atoms in total. The third-order valence-electron chi connectivity index (χ3n) is 2.98. The Labute approximate surface area is 110 Å². The highest BCUT2D eigenvalue weighted by molar-refractivity contribution is 6.30. The molecule has 98 valence electrons. The number of pyridine rings is 1. The second-order valence-corrected chi connectivity index (χ2v) is 4.72. The largest absolute Gasteiger partial charge is 0.364 e. The Hall–Kier alpha value is -1.40. The van der Waals surface area contributed by atoms with Gasteiger partial charge in [-0.15, -0.1) is 0 Å². The Balaban J connectivity index is 1.93. The highest BCUT2D eigenvalue weighted by Gasteiger charge is 2.17. The van der Waals surface area contributed by atoms with E-state index in [0.717, 1.165) is 19.4 Å². The summed E-state index contributed by atoms with van der Waals surface area (Å²) in [6.45, 7) is 1.72. The predicted octanol–water partition coefficient (Wildman–Crippen LogP) is 2.20. The minimum absolute atomic E-state index is 0.0816. The Bertz CT molecular complexity index is 435. The summed E-state index contributed by atoms with van der Waals surface area (Å²) in [5, 5.41) is 17.5. The van der Waals surface area contributed by atoms with E-state index in [-0.39, 0.29) is 16.5 Å². The summed E-state index contributed by atoms with van der Waals surface area (Å²) in [6, 6.07) is 1.81. The maximum atomic E-state index is 10.8. The molecule has 18 heavy (non-hydrogen) atoms. The van der Waals surface area contributed by atoms with Crippen molar-refractivity contribution >= 4 is 23.1 Å². The van der Waals surface area contributed by atoms with Gasteiger partial charge in [-0.25, -0.2) is 4.98 Å². The number of rotatable bonds is 5. The van der Waals surface area contributed by atoms with E-state index in [1.165, 1.54) is 18.7 Å². The Morgan fingerprint density at radius 3 is 3.17 bits per heavy atom. The minimum Gasteiger partial charge on any atom is -0.364 e. The summed E-state index contributed by atoms with van der Waals surface area (Å²) >= 11 is 5.69. The van der Waals surface area contributed by atoms with Crippen LogP contribution in [0.3, 0.4) is 0 Å². The van der Waals surface area contributed by atoms with Crippen molar-refractivity contribution in [3.8, 4) is 0 Å². The van der Waals surface area contributed by atoms with E-state index >= 15 is 0 Å². The van der Waals surface area contributed by atoms with Crippen molar-refractivity contribution in [2.75, 3.05) is 18.4 Å². The number of nitrogens with one attached hydrogen (secondary N) is 2. The maximum Gasteiger partial charge on any atom is 0.312 e. The van der Waals surface area contributed by atoms with Crippen LogP contribution < -0.4 is 10.6 Å². The number of halogens is 1. The van der Waals surface area contributed by atoms with E-state index in [4.69, 9.17) is 11.6 Å². The van der Waals surface area contributed by atoms with Crippen molar-refractivity contribution in [2.24, 2.45) is 0 Å². The normalized spacial score (nSPS) is 18.8. The van der Waals surface area contributed by atoms with E-state index in [2.05, 4.69) is 15.6 Å². The molecule has 0 spiro atoms. The van der Waals surface area contributed by atoms with Gasteiger partial charge < -0.3 is 10.6 Å². The van der Waals surface area contributed by atoms with E-state index in [1.807, 2.05) is 0 Å². The lowest BCUT2D eigenvalue weighted by molar-refractivity contribution is -0.384. The molecule has 1 fully saturated rings. The summed E-state index contributed by atoms with van der Waals surface area (Å²) in [7, 11) is 0. The predicted molar refractivity (Wildman–Crippen MR) is 70.0 cm³/mol. The van der Waals surface area contributed by atoms with Gasteiger partial charge in [-0.2, -0.15) is 0 Å². The van der Waals surface area contributed by atoms with Crippen LogP contribution in [0.2, 0.25) is 5.02 Å². The standard InChI is InChI=1S/C11H15ClN4O2/c12-8-6-10(16(17)18)11(15-7-8)14-5-3-9-2-1-4-13-9/h6-7,9,13H,1-5H2,(H,14,15). The summed E-state index contributed by atoms with van der Waals surface area (Å²) in [4.78, 5) is 14.3. The third-order valence-corrected chi connectivity index (χ3v) is 3.19. The van der Waals surface area contributed by atoms with Crippen LogP contribution in [-0.4, -0.2) is 29.0 Å². The van der Waals surface area contributed by atoms with E-state index in [9.17, 15) is 10.1 Å². The van der Waals surface area contributed by atoms with Gasteiger partial charge in [0.2, 0.25) is 5.82 Å². The molecule has 2 heterocycles. The quantitative estimate of drug-likeness (QED) is 0.633. The molecule has 1 atom stereocenters. The van der Waals surface area contributed by atoms with Crippen LogP contribution in [0.5, 0.6) is 0 Å². The van der Waals surface area contributed by atoms with E-state index in [0.29, 0.717) is 12.6 Å². The van der Waals surface area contributed by atoms with Crippen LogP contribution in [0.4, 0.5) is 11.5 Å². The maximum absolute atomic E-state index is 10.8. The molecule has 2 rings (SSSR count). The fourth-order valence-electron chi connectivity index (χ4n) is 2.07. The topological polar surface area (TPSA) is 80.1 Å². The highest BCUT2D eigenvalue weighted by atomic mass is 35.5. The second kappa shape index (κ2) is 5.97. The molecule has 1 aliphatic heterocycles. The van der Waals surface area contributed by atoms with Gasteiger partial charge in [0.15, 0.2) is 0 Å². The van der Waals surface area contributed by atoms with Gasteiger partial charge in [0.1, 0.15) is 0 Å². The first-order valence-corrected chi connectivity index (χ1v) is 6.32. The molecule has 1 aliphatic rings. The average molecular weight is 271 g/mol. The number of hydrogen-bond donors (Lipinski definition) is 2. The van der Waals surface area contributed by atoms with Gasteiger partial charge in [-0.3, -0.25) is 10.1 Å². The molecular weight excluding hydrogens is 256 g/mol. The molecule has 2 N–H and O–H groups in total. The van der Waals surface area contributed by atoms with Crippen molar-refractivity contribution in [2.45, 2.75) is 25.3 Å². The lowest BCUT2D eigenvalue weighted by Gasteiger charge is -2.11. The van der Waals surface area contributed by atoms with Crippen LogP contribution in [0, 0.1) is 10.1 Å². The monoisotopic (exact) mass is 270 g/mol. The molecule has 1 saturated heterocycles. The van der Waals surface area contributed by atoms with E-state index < -0.39 is 4.92 Å². The number of anilines is 1. The van der Waals surface area contributed by atoms with Crippen LogP contribution in [0.25, 0.3) is 0 Å². The molecular formula is C11H15ClN4O2. The average Bonchev–Trinajstić information content (AvgIpc) is 2.84. The molecule has 0 bridgehead atoms. The number of nitrogens with zero attached hydrogens (tertiary/aromatic N) is 2. The zero-order valence-electron chi connectivity index (χ0n) is 9.86. The van der Waals surface area contributed by atoms with Gasteiger partial charge in [-0.1, -0.05) is 11.6 Å². The Morgan fingerprint density at radius 2 is 2.50 bits per heavy atom. The number of aromatic nitrogens is 1. The molecule has 0 aromatic carbocycles. The lowest BCUT2D eigenvalue weighted by atomic mass is 10.1. The molecule has 7 heteroatoms. The molecule has 0 radical (unpaired) electrons. The third kappa shape index (κ3) is 3.30. The minimum atomic E-state index is -0.477. The van der Waals surface area contributed by atoms with Gasteiger partial charge in [0.25, 0.3) is 0 Å². The van der Waals surface area contributed by atoms with Crippen LogP contribution in [-0.2, 0) is 0 Å². The van der Waals surface area contributed by atoms with Crippen LogP contribution >= 0.6 is 11.6 Å². The highest BCUT2D eigenvalue weighted by Crippen LogP contribution is 2.25. The fourth-order valence-corrected chi connectivity index (χ4v) is 2.22. The van der Waals surface area contributed by atoms with Crippen molar-refractivity contribution in [1.82, 2.24) is 10.3 Å². The van der Waals surface area contributed by atoms with Crippen molar-refractivity contribution in [3.05, 3.63) is 27.4 Å². The van der Waals surface area contributed by atoms with Gasteiger partial charge in [0.05, 0.1) is 9.95 Å². The van der Waals surface area contributed by atoms with Crippen molar-refractivity contribution < 1.29 is 4.92 Å². The second-order valence-electron chi connectivity index (χ2n) is 4.29. The number of hydrogen-bond acceptors (Lipinski definition) is 5. The molecule has 0 saturated carbocycles. The zero-order chi connectivity index (χ0) is 13.0. The molecule has 1 aromatic heterocycles. The molecule has 0 aliphatic carbocycles. The summed E-state index contributed by atoms with van der Waals surface area (Å²) < 4.78 is 0. The first kappa shape index (κ1) is 13.0. The van der Waals surface area contributed by atoms with Crippen molar-refractivity contribution in [1.29, 1.82) is 0 Å². The Morgan fingerprint density at radius 1 is 1.67 bits per heavy atom. The summed E-state index contributed by atoms with van der Waals surface area (Å²) in [5.41, 5.74) is -0.0816. The smallest absolute Gasteiger partial charge is 0.312 e.